The molecule has 1 saturated heterocycles. The second-order valence-corrected chi connectivity index (χ2v) is 11.2. The maximum atomic E-state index is 13.5. The Hall–Kier alpha value is -5.28. The summed E-state index contributed by atoms with van der Waals surface area (Å²) in [5.74, 6) is -2.51. The van der Waals surface area contributed by atoms with Crippen LogP contribution in [0.3, 0.4) is 0 Å². The molecule has 0 radical (unpaired) electrons. The van der Waals surface area contributed by atoms with E-state index < -0.39 is 52.7 Å². The number of alkyl halides is 3. The van der Waals surface area contributed by atoms with Gasteiger partial charge >= 0.3 is 12.1 Å². The van der Waals surface area contributed by atoms with Gasteiger partial charge in [-0.15, -0.1) is 0 Å². The van der Waals surface area contributed by atoms with Gasteiger partial charge in [-0.2, -0.15) is 18.4 Å². The van der Waals surface area contributed by atoms with Crippen molar-refractivity contribution in [3.8, 4) is 17.2 Å². The number of imide groups is 1. The molecule has 2 heterocycles. The first-order valence-electron chi connectivity index (χ1n) is 13.4. The molecule has 1 aliphatic heterocycles. The van der Waals surface area contributed by atoms with Crippen LogP contribution in [-0.4, -0.2) is 40.4 Å². The zero-order valence-corrected chi connectivity index (χ0v) is 24.3. The smallest absolute Gasteiger partial charge is 0.417 e. The van der Waals surface area contributed by atoms with E-state index in [1.165, 1.54) is 37.3 Å². The number of nitriles is 1. The highest BCUT2D eigenvalue weighted by Crippen LogP contribution is 2.39. The van der Waals surface area contributed by atoms with Gasteiger partial charge in [-0.05, 0) is 48.4 Å². The number of carbonyl (C=O) groups excluding carboxylic acids is 4. The minimum absolute atomic E-state index is 0.00240. The number of halogens is 3. The number of hydrogen-bond acceptors (Lipinski definition) is 8. The van der Waals surface area contributed by atoms with Crippen LogP contribution in [-0.2, 0) is 20.5 Å². The fourth-order valence-corrected chi connectivity index (χ4v) is 5.86. The minimum Gasteiger partial charge on any atom is -0.454 e. The lowest BCUT2D eigenvalue weighted by Gasteiger charge is -2.16. The van der Waals surface area contributed by atoms with Crippen molar-refractivity contribution in [2.45, 2.75) is 29.8 Å². The fraction of sp³-hybridized carbons (Fsp3) is 0.152. The van der Waals surface area contributed by atoms with Crippen LogP contribution in [0.1, 0.15) is 44.0 Å². The van der Waals surface area contributed by atoms with Crippen molar-refractivity contribution in [3.05, 3.63) is 113 Å². The van der Waals surface area contributed by atoms with Gasteiger partial charge in [0.1, 0.15) is 11.1 Å². The van der Waals surface area contributed by atoms with Gasteiger partial charge in [-0.1, -0.05) is 66.4 Å². The number of esters is 1. The Morgan fingerprint density at radius 3 is 2.22 bits per heavy atom. The van der Waals surface area contributed by atoms with Crippen molar-refractivity contribution < 1.29 is 37.1 Å². The SMILES string of the molecule is Cc1cc(C(F)(F)F)c(C#N)c(SC2CC(=O)N(c3ccc(C(=O)OCC(=O)c4ccc(-c5ccccc5)cc4)cc3)C2=O)n1. The minimum atomic E-state index is -4.81. The average molecular weight is 630 g/mol. The summed E-state index contributed by atoms with van der Waals surface area (Å²) in [4.78, 5) is 55.9. The Bertz CT molecular complexity index is 1840. The summed E-state index contributed by atoms with van der Waals surface area (Å²) in [5, 5.41) is 7.99. The molecule has 5 rings (SSSR count). The number of Topliss-reactive ketones (excluding diaryl/α,β-unsaturated/α-hetero) is 1. The molecule has 0 bridgehead atoms. The van der Waals surface area contributed by atoms with Crippen LogP contribution in [0.2, 0.25) is 0 Å². The number of ether oxygens (including phenoxy) is 1. The second kappa shape index (κ2) is 12.8. The maximum Gasteiger partial charge on any atom is 0.417 e. The number of ketones is 1. The number of anilines is 1. The van der Waals surface area contributed by atoms with E-state index in [4.69, 9.17) is 4.74 Å². The zero-order chi connectivity index (χ0) is 32.3. The highest BCUT2D eigenvalue weighted by Gasteiger charge is 2.42. The first-order chi connectivity index (χ1) is 21.5. The molecule has 2 amide bonds. The predicted octanol–water partition coefficient (Wildman–Crippen LogP) is 6.41. The lowest BCUT2D eigenvalue weighted by Crippen LogP contribution is -2.31. The number of rotatable bonds is 8. The summed E-state index contributed by atoms with van der Waals surface area (Å²) >= 11 is 0.620. The van der Waals surface area contributed by atoms with Crippen molar-refractivity contribution in [3.63, 3.8) is 0 Å². The van der Waals surface area contributed by atoms with Crippen LogP contribution in [0.15, 0.2) is 90.0 Å². The first-order valence-corrected chi connectivity index (χ1v) is 14.3. The van der Waals surface area contributed by atoms with Gasteiger partial charge in [-0.25, -0.2) is 14.7 Å². The molecule has 3 aromatic carbocycles. The summed E-state index contributed by atoms with van der Waals surface area (Å²) in [5.41, 5.74) is 0.607. The third kappa shape index (κ3) is 6.78. The van der Waals surface area contributed by atoms with Crippen LogP contribution >= 0.6 is 11.8 Å². The van der Waals surface area contributed by atoms with Crippen LogP contribution in [0.5, 0.6) is 0 Å². The van der Waals surface area contributed by atoms with E-state index in [9.17, 15) is 37.6 Å². The largest absolute Gasteiger partial charge is 0.454 e. The number of aromatic nitrogens is 1. The van der Waals surface area contributed by atoms with Crippen LogP contribution in [0.25, 0.3) is 11.1 Å². The van der Waals surface area contributed by atoms with E-state index in [0.717, 1.165) is 22.1 Å². The Morgan fingerprint density at radius 1 is 0.978 bits per heavy atom. The molecule has 1 aromatic heterocycles. The number of amides is 2. The topological polar surface area (TPSA) is 117 Å². The number of nitrogens with zero attached hydrogens (tertiary/aromatic N) is 3. The molecule has 1 fully saturated rings. The molecule has 8 nitrogen and oxygen atoms in total. The second-order valence-electron chi connectivity index (χ2n) is 9.97. The standard InChI is InChI=1S/C33H22F3N3O5S/c1-19-15-26(33(34,35)36)25(17-37)30(38-19)45-28-16-29(41)39(31(28)42)24-13-11-23(12-14-24)32(43)44-18-27(40)22-9-7-21(8-10-22)20-5-3-2-4-6-20/h2-15,28H,16,18H2,1H3. The van der Waals surface area contributed by atoms with E-state index in [0.29, 0.717) is 17.3 Å². The molecule has 12 heteroatoms. The van der Waals surface area contributed by atoms with Crippen molar-refractivity contribution in [1.29, 1.82) is 5.26 Å². The normalized spacial score (nSPS) is 14.7. The molecule has 1 atom stereocenters. The number of thioether (sulfide) groups is 1. The number of pyridine rings is 1. The molecular formula is C33H22F3N3O5S. The number of benzene rings is 3. The molecule has 0 N–H and O–H groups in total. The highest BCUT2D eigenvalue weighted by molar-refractivity contribution is 8.00. The quantitative estimate of drug-likeness (QED) is 0.125. The van der Waals surface area contributed by atoms with Gasteiger partial charge in [-0.3, -0.25) is 14.4 Å². The monoisotopic (exact) mass is 629 g/mol. The third-order valence-electron chi connectivity index (χ3n) is 6.90. The van der Waals surface area contributed by atoms with E-state index >= 15 is 0 Å². The molecule has 1 unspecified atom stereocenters. The molecule has 4 aromatic rings. The predicted molar refractivity (Wildman–Crippen MR) is 158 cm³/mol. The van der Waals surface area contributed by atoms with Crippen LogP contribution < -0.4 is 4.90 Å². The molecule has 1 aliphatic rings. The number of hydrogen-bond donors (Lipinski definition) is 0. The lowest BCUT2D eigenvalue weighted by atomic mass is 10.0. The lowest BCUT2D eigenvalue weighted by molar-refractivity contribution is -0.138. The maximum absolute atomic E-state index is 13.5. The van der Waals surface area contributed by atoms with Gasteiger partial charge in [0.25, 0.3) is 0 Å². The molecular weight excluding hydrogens is 607 g/mol. The Morgan fingerprint density at radius 2 is 1.60 bits per heavy atom. The van der Waals surface area contributed by atoms with Gasteiger partial charge in [0.2, 0.25) is 11.8 Å². The summed E-state index contributed by atoms with van der Waals surface area (Å²) in [6, 6.07) is 24.1. The molecule has 0 aliphatic carbocycles. The molecule has 226 valence electrons. The molecule has 0 spiro atoms. The molecule has 0 saturated carbocycles. The Labute approximate surface area is 259 Å². The van der Waals surface area contributed by atoms with E-state index in [1.807, 2.05) is 30.3 Å². The van der Waals surface area contributed by atoms with Gasteiger partial charge in [0.05, 0.1) is 27.6 Å². The van der Waals surface area contributed by atoms with E-state index in [1.54, 1.807) is 24.3 Å². The van der Waals surface area contributed by atoms with Gasteiger partial charge in [0, 0.05) is 17.7 Å². The van der Waals surface area contributed by atoms with E-state index in [-0.39, 0.29) is 28.4 Å². The summed E-state index contributed by atoms with van der Waals surface area (Å²) in [6.07, 6.45) is -5.14. The Balaban J connectivity index is 1.22. The fourth-order valence-electron chi connectivity index (χ4n) is 4.69. The zero-order valence-electron chi connectivity index (χ0n) is 23.5. The number of aryl methyl sites for hydroxylation is 1. The molecule has 45 heavy (non-hydrogen) atoms. The van der Waals surface area contributed by atoms with Crippen molar-refractivity contribution in [2.75, 3.05) is 11.5 Å². The average Bonchev–Trinajstić information content (AvgIpc) is 3.31. The Kier molecular flexibility index (Phi) is 8.83. The first kappa shape index (κ1) is 31.2. The van der Waals surface area contributed by atoms with Gasteiger partial charge in [0.15, 0.2) is 12.4 Å². The number of carbonyl (C=O) groups is 4. The van der Waals surface area contributed by atoms with Gasteiger partial charge < -0.3 is 4.74 Å². The van der Waals surface area contributed by atoms with Crippen LogP contribution in [0.4, 0.5) is 18.9 Å². The summed E-state index contributed by atoms with van der Waals surface area (Å²) in [6.45, 7) is 0.834. The summed E-state index contributed by atoms with van der Waals surface area (Å²) < 4.78 is 45.6. The van der Waals surface area contributed by atoms with Crippen molar-refractivity contribution >= 4 is 41.0 Å². The van der Waals surface area contributed by atoms with E-state index in [2.05, 4.69) is 4.98 Å². The summed E-state index contributed by atoms with van der Waals surface area (Å²) in [7, 11) is 0. The highest BCUT2D eigenvalue weighted by atomic mass is 32.2. The van der Waals surface area contributed by atoms with Crippen molar-refractivity contribution in [2.24, 2.45) is 0 Å². The van der Waals surface area contributed by atoms with Crippen LogP contribution in [0, 0.1) is 18.3 Å². The third-order valence-corrected chi connectivity index (χ3v) is 8.07. The van der Waals surface area contributed by atoms with Crippen molar-refractivity contribution in [1.82, 2.24) is 4.98 Å².